The summed E-state index contributed by atoms with van der Waals surface area (Å²) in [5, 5.41) is 0. The van der Waals surface area contributed by atoms with Gasteiger partial charge < -0.3 is 5.73 Å². The quantitative estimate of drug-likeness (QED) is 0.874. The zero-order valence-corrected chi connectivity index (χ0v) is 11.8. The Labute approximate surface area is 114 Å². The van der Waals surface area contributed by atoms with Crippen LogP contribution in [-0.2, 0) is 16.6 Å². The second kappa shape index (κ2) is 5.53. The van der Waals surface area contributed by atoms with Crippen LogP contribution in [0, 0.1) is 19.7 Å². The smallest absolute Gasteiger partial charge is 0.129 e. The van der Waals surface area contributed by atoms with Gasteiger partial charge in [0.15, 0.2) is 0 Å². The van der Waals surface area contributed by atoms with Crippen LogP contribution < -0.4 is 5.73 Å². The van der Waals surface area contributed by atoms with Crippen LogP contribution in [0.1, 0.15) is 16.7 Å². The van der Waals surface area contributed by atoms with E-state index >= 15 is 0 Å². The van der Waals surface area contributed by atoms with Crippen LogP contribution in [0.15, 0.2) is 41.3 Å². The molecular weight excluding hydrogens is 261 g/mol. The Morgan fingerprint density at radius 1 is 1.21 bits per heavy atom. The molecule has 0 fully saturated rings. The van der Waals surface area contributed by atoms with Crippen molar-refractivity contribution in [2.45, 2.75) is 24.5 Å². The number of rotatable bonds is 3. The van der Waals surface area contributed by atoms with Crippen molar-refractivity contribution >= 4 is 16.5 Å². The number of nitrogens with two attached hydrogens (primary N) is 1. The summed E-state index contributed by atoms with van der Waals surface area (Å²) >= 11 is 0. The summed E-state index contributed by atoms with van der Waals surface area (Å²) in [5.74, 6) is -0.304. The van der Waals surface area contributed by atoms with Gasteiger partial charge in [0.1, 0.15) is 5.82 Å². The maximum absolute atomic E-state index is 13.7. The predicted octanol–water partition coefficient (Wildman–Crippen LogP) is 3.33. The van der Waals surface area contributed by atoms with Gasteiger partial charge in [0, 0.05) is 16.1 Å². The molecule has 0 bridgehead atoms. The monoisotopic (exact) mass is 277 g/mol. The van der Waals surface area contributed by atoms with Crippen LogP contribution >= 0.6 is 0 Å². The lowest BCUT2D eigenvalue weighted by atomic mass is 10.2. The molecule has 0 saturated carbocycles. The average Bonchev–Trinajstić information content (AvgIpc) is 2.37. The van der Waals surface area contributed by atoms with Crippen LogP contribution in [0.4, 0.5) is 10.1 Å². The fraction of sp³-hybridized carbons (Fsp3) is 0.200. The highest BCUT2D eigenvalue weighted by Gasteiger charge is 2.13. The molecule has 0 amide bonds. The van der Waals surface area contributed by atoms with E-state index in [-0.39, 0.29) is 5.75 Å². The average molecular weight is 277 g/mol. The van der Waals surface area contributed by atoms with Crippen LogP contribution in [0.3, 0.4) is 0 Å². The van der Waals surface area contributed by atoms with E-state index in [0.29, 0.717) is 11.3 Å². The van der Waals surface area contributed by atoms with Crippen LogP contribution in [0.2, 0.25) is 0 Å². The first-order valence-corrected chi connectivity index (χ1v) is 7.29. The van der Waals surface area contributed by atoms with Crippen LogP contribution in [0.5, 0.6) is 0 Å². The molecule has 2 N–H and O–H groups in total. The van der Waals surface area contributed by atoms with E-state index in [4.69, 9.17) is 5.73 Å². The lowest BCUT2D eigenvalue weighted by Gasteiger charge is -2.09. The summed E-state index contributed by atoms with van der Waals surface area (Å²) in [6.45, 7) is 3.84. The SMILES string of the molecule is Cc1ccc(C)c(S(=O)Cc2c(N)cccc2F)c1. The van der Waals surface area contributed by atoms with Gasteiger partial charge in [-0.15, -0.1) is 0 Å². The van der Waals surface area contributed by atoms with E-state index in [1.165, 1.54) is 6.07 Å². The lowest BCUT2D eigenvalue weighted by molar-refractivity contribution is 0.616. The summed E-state index contributed by atoms with van der Waals surface area (Å²) in [6, 6.07) is 10.3. The molecule has 19 heavy (non-hydrogen) atoms. The van der Waals surface area contributed by atoms with Crippen molar-refractivity contribution in [3.63, 3.8) is 0 Å². The molecule has 1 unspecified atom stereocenters. The minimum atomic E-state index is -1.30. The van der Waals surface area contributed by atoms with E-state index in [1.807, 2.05) is 32.0 Å². The standard InChI is InChI=1S/C15H16FNOS/c1-10-6-7-11(2)15(8-10)19(18)9-12-13(16)4-3-5-14(12)17/h3-8H,9,17H2,1-2H3. The zero-order chi connectivity index (χ0) is 14.0. The molecule has 0 spiro atoms. The van der Waals surface area contributed by atoms with E-state index in [1.54, 1.807) is 12.1 Å². The second-order valence-corrected chi connectivity index (χ2v) is 5.99. The lowest BCUT2D eigenvalue weighted by Crippen LogP contribution is -2.04. The molecule has 2 aromatic rings. The number of hydrogen-bond donors (Lipinski definition) is 1. The molecule has 0 radical (unpaired) electrons. The van der Waals surface area contributed by atoms with Crippen molar-refractivity contribution in [2.75, 3.05) is 5.73 Å². The first kappa shape index (κ1) is 13.7. The molecule has 0 aliphatic rings. The molecule has 1 atom stereocenters. The number of hydrogen-bond acceptors (Lipinski definition) is 2. The predicted molar refractivity (Wildman–Crippen MR) is 76.8 cm³/mol. The van der Waals surface area contributed by atoms with Crippen LogP contribution in [-0.4, -0.2) is 4.21 Å². The molecule has 2 nitrogen and oxygen atoms in total. The molecular formula is C15H16FNOS. The van der Waals surface area contributed by atoms with Crippen LogP contribution in [0.25, 0.3) is 0 Å². The number of aryl methyl sites for hydroxylation is 2. The van der Waals surface area contributed by atoms with E-state index in [2.05, 4.69) is 0 Å². The fourth-order valence-corrected chi connectivity index (χ4v) is 3.36. The zero-order valence-electron chi connectivity index (χ0n) is 10.9. The normalized spacial score (nSPS) is 12.4. The maximum atomic E-state index is 13.7. The molecule has 0 aliphatic heterocycles. The molecule has 0 aliphatic carbocycles. The Morgan fingerprint density at radius 3 is 2.63 bits per heavy atom. The molecule has 2 rings (SSSR count). The highest BCUT2D eigenvalue weighted by atomic mass is 32.2. The van der Waals surface area contributed by atoms with Gasteiger partial charge in [-0.2, -0.15) is 0 Å². The van der Waals surface area contributed by atoms with Gasteiger partial charge in [0.25, 0.3) is 0 Å². The molecule has 0 heterocycles. The highest BCUT2D eigenvalue weighted by Crippen LogP contribution is 2.22. The van der Waals surface area contributed by atoms with Gasteiger partial charge in [-0.3, -0.25) is 4.21 Å². The fourth-order valence-electron chi connectivity index (χ4n) is 1.89. The first-order chi connectivity index (χ1) is 8.99. The Hall–Kier alpha value is -1.68. The first-order valence-electron chi connectivity index (χ1n) is 5.97. The number of anilines is 1. The summed E-state index contributed by atoms with van der Waals surface area (Å²) < 4.78 is 26.1. The van der Waals surface area contributed by atoms with E-state index in [0.717, 1.165) is 16.0 Å². The molecule has 0 aromatic heterocycles. The number of benzene rings is 2. The third-order valence-electron chi connectivity index (χ3n) is 3.02. The second-order valence-electron chi connectivity index (χ2n) is 4.57. The van der Waals surface area contributed by atoms with Crippen molar-refractivity contribution in [3.05, 3.63) is 58.9 Å². The van der Waals surface area contributed by atoms with Gasteiger partial charge in [-0.05, 0) is 43.2 Å². The highest BCUT2D eigenvalue weighted by molar-refractivity contribution is 7.84. The number of nitrogen functional groups attached to an aromatic ring is 1. The topological polar surface area (TPSA) is 43.1 Å². The summed E-state index contributed by atoms with van der Waals surface area (Å²) in [7, 11) is -1.30. The minimum absolute atomic E-state index is 0.1000. The minimum Gasteiger partial charge on any atom is -0.398 e. The van der Waals surface area contributed by atoms with Crippen molar-refractivity contribution in [1.29, 1.82) is 0 Å². The van der Waals surface area contributed by atoms with Crippen molar-refractivity contribution in [3.8, 4) is 0 Å². The maximum Gasteiger partial charge on any atom is 0.129 e. The van der Waals surface area contributed by atoms with E-state index < -0.39 is 16.6 Å². The summed E-state index contributed by atoms with van der Waals surface area (Å²) in [4.78, 5) is 0.739. The third kappa shape index (κ3) is 3.01. The molecule has 0 saturated heterocycles. The van der Waals surface area contributed by atoms with Gasteiger partial charge in [0.05, 0.1) is 16.6 Å². The molecule has 2 aromatic carbocycles. The van der Waals surface area contributed by atoms with Crippen molar-refractivity contribution in [2.24, 2.45) is 0 Å². The van der Waals surface area contributed by atoms with Crippen molar-refractivity contribution in [1.82, 2.24) is 0 Å². The summed E-state index contributed by atoms with van der Waals surface area (Å²) in [5.41, 5.74) is 8.39. The Morgan fingerprint density at radius 2 is 1.95 bits per heavy atom. The van der Waals surface area contributed by atoms with Gasteiger partial charge in [-0.1, -0.05) is 18.2 Å². The number of halogens is 1. The van der Waals surface area contributed by atoms with Gasteiger partial charge >= 0.3 is 0 Å². The van der Waals surface area contributed by atoms with Crippen molar-refractivity contribution < 1.29 is 8.60 Å². The third-order valence-corrected chi connectivity index (χ3v) is 4.50. The van der Waals surface area contributed by atoms with E-state index in [9.17, 15) is 8.60 Å². The Kier molecular flexibility index (Phi) is 4.00. The van der Waals surface area contributed by atoms with Gasteiger partial charge in [0.2, 0.25) is 0 Å². The molecule has 100 valence electrons. The summed E-state index contributed by atoms with van der Waals surface area (Å²) in [6.07, 6.45) is 0. The Balaban J connectivity index is 2.34. The Bertz CT molecular complexity index is 620. The largest absolute Gasteiger partial charge is 0.398 e. The molecule has 4 heteroatoms. The van der Waals surface area contributed by atoms with Gasteiger partial charge in [-0.25, -0.2) is 4.39 Å².